The van der Waals surface area contributed by atoms with Crippen LogP contribution in [0.4, 0.5) is 5.69 Å². The van der Waals surface area contributed by atoms with Crippen LogP contribution < -0.4 is 4.72 Å². The molecule has 0 spiro atoms. The van der Waals surface area contributed by atoms with Gasteiger partial charge in [0.05, 0.1) is 0 Å². The second-order valence-electron chi connectivity index (χ2n) is 6.27. The highest BCUT2D eigenvalue weighted by atomic mass is 35.5. The molecule has 0 radical (unpaired) electrons. The van der Waals surface area contributed by atoms with Crippen molar-refractivity contribution in [3.05, 3.63) is 34.5 Å². The topological polar surface area (TPSA) is 84.3 Å². The Kier molecular flexibility index (Phi) is 4.40. The summed E-state index contributed by atoms with van der Waals surface area (Å²) >= 11 is 7.56. The summed E-state index contributed by atoms with van der Waals surface area (Å²) in [5.41, 5.74) is 2.56. The van der Waals surface area contributed by atoms with E-state index in [4.69, 9.17) is 11.6 Å². The number of nitrogens with zero attached hydrogens (tertiary/aromatic N) is 3. The van der Waals surface area contributed by atoms with Gasteiger partial charge in [-0.25, -0.2) is 4.98 Å². The number of imidazole rings is 1. The molecule has 2 aliphatic rings. The molecule has 10 heteroatoms. The molecular weight excluding hydrogens is 396 g/mol. The largest absolute Gasteiger partial charge is 0.338 e. The van der Waals surface area contributed by atoms with Gasteiger partial charge in [-0.2, -0.15) is 8.42 Å². The van der Waals surface area contributed by atoms with Crippen LogP contribution in [0, 0.1) is 0 Å². The summed E-state index contributed by atoms with van der Waals surface area (Å²) < 4.78 is 29.9. The van der Waals surface area contributed by atoms with Gasteiger partial charge in [0.25, 0.3) is 10.0 Å². The smallest absolute Gasteiger partial charge is 0.280 e. The van der Waals surface area contributed by atoms with E-state index in [-0.39, 0.29) is 16.1 Å². The first kappa shape index (κ1) is 17.7. The quantitative estimate of drug-likeness (QED) is 0.836. The monoisotopic (exact) mass is 412 g/mol. The van der Waals surface area contributed by atoms with Crippen molar-refractivity contribution in [1.82, 2.24) is 14.5 Å². The van der Waals surface area contributed by atoms with Crippen LogP contribution in [0.5, 0.6) is 0 Å². The van der Waals surface area contributed by atoms with Crippen LogP contribution in [0.15, 0.2) is 28.4 Å². The summed E-state index contributed by atoms with van der Waals surface area (Å²) in [6.45, 7) is 3.31. The minimum atomic E-state index is -3.84. The first-order valence-corrected chi connectivity index (χ1v) is 11.0. The zero-order valence-electron chi connectivity index (χ0n) is 14.0. The Hall–Kier alpha value is -1.71. The molecule has 7 nitrogen and oxygen atoms in total. The molecule has 3 heterocycles. The number of nitrogens with one attached hydrogen (secondary N) is 1. The summed E-state index contributed by atoms with van der Waals surface area (Å²) in [6.07, 6.45) is 0.698. The van der Waals surface area contributed by atoms with E-state index in [0.717, 1.165) is 16.9 Å². The third-order valence-electron chi connectivity index (χ3n) is 4.56. The molecule has 2 aliphatic heterocycles. The van der Waals surface area contributed by atoms with Gasteiger partial charge in [-0.15, -0.1) is 0 Å². The third kappa shape index (κ3) is 3.08. The molecule has 1 aromatic heterocycles. The average Bonchev–Trinajstić information content (AvgIpc) is 3.13. The van der Waals surface area contributed by atoms with Gasteiger partial charge in [-0.1, -0.05) is 29.4 Å². The number of hydrogen-bond acceptors (Lipinski definition) is 5. The van der Waals surface area contributed by atoms with Crippen LogP contribution in [0.2, 0.25) is 5.15 Å². The van der Waals surface area contributed by atoms with Crippen LogP contribution in [0.25, 0.3) is 0 Å². The van der Waals surface area contributed by atoms with Gasteiger partial charge in [0.2, 0.25) is 5.91 Å². The molecule has 2 aromatic rings. The molecule has 0 saturated carbocycles. The minimum Gasteiger partial charge on any atom is -0.338 e. The molecule has 0 unspecified atom stereocenters. The first-order valence-electron chi connectivity index (χ1n) is 8.14. The van der Waals surface area contributed by atoms with E-state index in [1.54, 1.807) is 22.5 Å². The van der Waals surface area contributed by atoms with E-state index in [0.29, 0.717) is 36.9 Å². The number of carbonyl (C=O) groups is 1. The predicted molar refractivity (Wildman–Crippen MR) is 100 cm³/mol. The standard InChI is InChI=1S/C16H17ClN4O3S2/c1-10(22)20-5-4-11-8-13(3-2-12(11)9-20)19-26(23,24)15-14(17)18-16-21(15)6-7-25-16/h2-3,8,19H,4-7,9H2,1H3. The van der Waals surface area contributed by atoms with Crippen LogP contribution in [0.1, 0.15) is 18.1 Å². The second kappa shape index (κ2) is 6.47. The summed E-state index contributed by atoms with van der Waals surface area (Å²) in [5.74, 6) is 0.829. The molecule has 4 rings (SSSR count). The molecule has 26 heavy (non-hydrogen) atoms. The van der Waals surface area contributed by atoms with E-state index >= 15 is 0 Å². The zero-order chi connectivity index (χ0) is 18.5. The van der Waals surface area contributed by atoms with E-state index in [1.165, 1.54) is 11.8 Å². The number of rotatable bonds is 3. The number of sulfonamides is 1. The number of carbonyl (C=O) groups excluding carboxylic acids is 1. The van der Waals surface area contributed by atoms with Gasteiger partial charge in [0.15, 0.2) is 15.3 Å². The van der Waals surface area contributed by atoms with Crippen molar-refractivity contribution in [2.24, 2.45) is 0 Å². The molecule has 0 atom stereocenters. The Balaban J connectivity index is 1.61. The Bertz CT molecular complexity index is 1000. The number of anilines is 1. The maximum Gasteiger partial charge on any atom is 0.280 e. The van der Waals surface area contributed by atoms with Crippen LogP contribution >= 0.6 is 23.4 Å². The summed E-state index contributed by atoms with van der Waals surface area (Å²) in [4.78, 5) is 17.4. The highest BCUT2D eigenvalue weighted by Crippen LogP contribution is 2.34. The molecule has 1 amide bonds. The SMILES string of the molecule is CC(=O)N1CCc2cc(NS(=O)(=O)c3c(Cl)nc4n3CCS4)ccc2C1. The lowest BCUT2D eigenvalue weighted by Crippen LogP contribution is -2.34. The summed E-state index contributed by atoms with van der Waals surface area (Å²) in [5, 5.41) is 0.638. The molecular formula is C16H17ClN4O3S2. The van der Waals surface area contributed by atoms with E-state index in [9.17, 15) is 13.2 Å². The number of aromatic nitrogens is 2. The second-order valence-corrected chi connectivity index (χ2v) is 9.29. The fourth-order valence-electron chi connectivity index (χ4n) is 3.27. The molecule has 1 N–H and O–H groups in total. The molecule has 138 valence electrons. The lowest BCUT2D eigenvalue weighted by Gasteiger charge is -2.28. The normalized spacial score (nSPS) is 16.3. The van der Waals surface area contributed by atoms with E-state index < -0.39 is 10.0 Å². The van der Waals surface area contributed by atoms with Crippen molar-refractivity contribution < 1.29 is 13.2 Å². The van der Waals surface area contributed by atoms with E-state index in [2.05, 4.69) is 9.71 Å². The van der Waals surface area contributed by atoms with Crippen LogP contribution in [-0.4, -0.2) is 41.1 Å². The average molecular weight is 413 g/mol. The van der Waals surface area contributed by atoms with Crippen molar-refractivity contribution in [2.75, 3.05) is 17.0 Å². The number of hydrogen-bond donors (Lipinski definition) is 1. The van der Waals surface area contributed by atoms with Gasteiger partial charge < -0.3 is 9.47 Å². The van der Waals surface area contributed by atoms with Crippen molar-refractivity contribution in [1.29, 1.82) is 0 Å². The Morgan fingerprint density at radius 1 is 1.31 bits per heavy atom. The highest BCUT2D eigenvalue weighted by molar-refractivity contribution is 7.99. The number of benzene rings is 1. The maximum absolute atomic E-state index is 12.8. The van der Waals surface area contributed by atoms with Crippen LogP contribution in [0.3, 0.4) is 0 Å². The van der Waals surface area contributed by atoms with E-state index in [1.807, 2.05) is 12.1 Å². The molecule has 0 aliphatic carbocycles. The Morgan fingerprint density at radius 3 is 2.88 bits per heavy atom. The number of amides is 1. The fraction of sp³-hybridized carbons (Fsp3) is 0.375. The lowest BCUT2D eigenvalue weighted by atomic mass is 9.99. The van der Waals surface area contributed by atoms with Gasteiger partial charge in [-0.05, 0) is 29.7 Å². The number of thioether (sulfide) groups is 1. The lowest BCUT2D eigenvalue weighted by molar-refractivity contribution is -0.129. The maximum atomic E-state index is 12.8. The van der Waals surface area contributed by atoms with Crippen molar-refractivity contribution >= 4 is 45.0 Å². The molecule has 0 saturated heterocycles. The number of halogens is 1. The molecule has 0 bridgehead atoms. The molecule has 1 aromatic carbocycles. The van der Waals surface area contributed by atoms with Gasteiger partial charge >= 0.3 is 0 Å². The number of fused-ring (bicyclic) bond motifs is 2. The Morgan fingerprint density at radius 2 is 2.12 bits per heavy atom. The predicted octanol–water partition coefficient (Wildman–Crippen LogP) is 2.35. The van der Waals surface area contributed by atoms with Crippen molar-refractivity contribution in [3.8, 4) is 0 Å². The fourth-order valence-corrected chi connectivity index (χ4v) is 6.09. The minimum absolute atomic E-state index is 0.00485. The van der Waals surface area contributed by atoms with Crippen molar-refractivity contribution in [2.45, 2.75) is 36.6 Å². The Labute approximate surface area is 160 Å². The third-order valence-corrected chi connectivity index (χ3v) is 7.32. The summed E-state index contributed by atoms with van der Waals surface area (Å²) in [7, 11) is -3.84. The van der Waals surface area contributed by atoms with Crippen LogP contribution in [-0.2, 0) is 34.3 Å². The first-order chi connectivity index (χ1) is 12.3. The van der Waals surface area contributed by atoms with Gasteiger partial charge in [0.1, 0.15) is 0 Å². The van der Waals surface area contributed by atoms with Crippen molar-refractivity contribution in [3.63, 3.8) is 0 Å². The van der Waals surface area contributed by atoms with Gasteiger partial charge in [0, 0.05) is 38.0 Å². The zero-order valence-corrected chi connectivity index (χ0v) is 16.4. The van der Waals surface area contributed by atoms with Gasteiger partial charge in [-0.3, -0.25) is 9.52 Å². The highest BCUT2D eigenvalue weighted by Gasteiger charge is 2.30. The summed E-state index contributed by atoms with van der Waals surface area (Å²) in [6, 6.07) is 5.40. The molecule has 0 fully saturated rings.